The highest BCUT2D eigenvalue weighted by atomic mass is 16.4. The Morgan fingerprint density at radius 1 is 1.13 bits per heavy atom. The highest BCUT2D eigenvalue weighted by Crippen LogP contribution is 2.34. The van der Waals surface area contributed by atoms with Crippen LogP contribution in [0.1, 0.15) is 47.8 Å². The Kier molecular flexibility index (Phi) is 3.33. The Bertz CT molecular complexity index is 896. The molecule has 0 spiro atoms. The Morgan fingerprint density at radius 3 is 2.30 bits per heavy atom. The maximum Gasteiger partial charge on any atom is 0.338 e. The maximum absolute atomic E-state index is 12.7. The standard InChI is InChI=1S/C18H13NO4/c1-2-5-9-8-12-13(14(15(9)19)18(22)23)17(21)11-7-4-3-6-10(11)16(12)20/h2-4,6-8H,1,5,19H2,(H,22,23). The number of benzene rings is 2. The molecule has 0 aliphatic heterocycles. The molecule has 114 valence electrons. The Labute approximate surface area is 132 Å². The second-order valence-corrected chi connectivity index (χ2v) is 5.25. The molecule has 0 atom stereocenters. The molecule has 5 nitrogen and oxygen atoms in total. The number of carbonyl (C=O) groups excluding carboxylic acids is 2. The molecule has 0 saturated carbocycles. The van der Waals surface area contributed by atoms with Gasteiger partial charge in [0.25, 0.3) is 0 Å². The average Bonchev–Trinajstić information content (AvgIpc) is 2.53. The lowest BCUT2D eigenvalue weighted by Crippen LogP contribution is -2.25. The molecule has 0 aromatic heterocycles. The molecule has 2 aromatic rings. The number of anilines is 1. The van der Waals surface area contributed by atoms with Crippen molar-refractivity contribution in [3.8, 4) is 0 Å². The van der Waals surface area contributed by atoms with Crippen molar-refractivity contribution in [1.29, 1.82) is 0 Å². The molecule has 0 heterocycles. The molecule has 0 amide bonds. The molecule has 3 rings (SSSR count). The molecule has 0 radical (unpaired) electrons. The summed E-state index contributed by atoms with van der Waals surface area (Å²) >= 11 is 0. The van der Waals surface area contributed by atoms with Crippen LogP contribution in [-0.2, 0) is 6.42 Å². The van der Waals surface area contributed by atoms with Gasteiger partial charge < -0.3 is 10.8 Å². The van der Waals surface area contributed by atoms with Gasteiger partial charge in [-0.2, -0.15) is 0 Å². The predicted octanol–water partition coefficient (Wildman–Crippen LogP) is 2.47. The van der Waals surface area contributed by atoms with Gasteiger partial charge in [0.1, 0.15) is 0 Å². The van der Waals surface area contributed by atoms with Crippen LogP contribution >= 0.6 is 0 Å². The number of fused-ring (bicyclic) bond motifs is 2. The largest absolute Gasteiger partial charge is 0.478 e. The van der Waals surface area contributed by atoms with Crippen molar-refractivity contribution >= 4 is 23.2 Å². The zero-order chi connectivity index (χ0) is 16.7. The van der Waals surface area contributed by atoms with Crippen LogP contribution in [0.2, 0.25) is 0 Å². The number of allylic oxidation sites excluding steroid dienone is 1. The van der Waals surface area contributed by atoms with Crippen LogP contribution in [0.3, 0.4) is 0 Å². The number of nitrogen functional groups attached to an aromatic ring is 1. The Balaban J connectivity index is 2.40. The summed E-state index contributed by atoms with van der Waals surface area (Å²) in [4.78, 5) is 37.0. The average molecular weight is 307 g/mol. The number of hydrogen-bond donors (Lipinski definition) is 2. The summed E-state index contributed by atoms with van der Waals surface area (Å²) in [5, 5.41) is 9.50. The summed E-state index contributed by atoms with van der Waals surface area (Å²) in [5.41, 5.74) is 6.50. The van der Waals surface area contributed by atoms with Crippen molar-refractivity contribution in [3.05, 3.63) is 76.4 Å². The van der Waals surface area contributed by atoms with Gasteiger partial charge in [-0.3, -0.25) is 9.59 Å². The summed E-state index contributed by atoms with van der Waals surface area (Å²) in [7, 11) is 0. The third-order valence-electron chi connectivity index (χ3n) is 3.92. The van der Waals surface area contributed by atoms with Crippen LogP contribution < -0.4 is 5.73 Å². The minimum absolute atomic E-state index is 0.00307. The van der Waals surface area contributed by atoms with Gasteiger partial charge in [-0.1, -0.05) is 30.3 Å². The van der Waals surface area contributed by atoms with E-state index in [9.17, 15) is 19.5 Å². The van der Waals surface area contributed by atoms with Crippen molar-refractivity contribution in [2.45, 2.75) is 6.42 Å². The number of carbonyl (C=O) groups is 3. The van der Waals surface area contributed by atoms with Crippen LogP contribution in [-0.4, -0.2) is 22.6 Å². The molecule has 0 bridgehead atoms. The van der Waals surface area contributed by atoms with E-state index in [2.05, 4.69) is 6.58 Å². The van der Waals surface area contributed by atoms with Crippen LogP contribution in [0.5, 0.6) is 0 Å². The van der Waals surface area contributed by atoms with Crippen molar-refractivity contribution in [3.63, 3.8) is 0 Å². The first kappa shape index (κ1) is 14.7. The van der Waals surface area contributed by atoms with Gasteiger partial charge in [0.15, 0.2) is 11.6 Å². The van der Waals surface area contributed by atoms with Gasteiger partial charge >= 0.3 is 5.97 Å². The quantitative estimate of drug-likeness (QED) is 0.572. The van der Waals surface area contributed by atoms with Gasteiger partial charge in [-0.05, 0) is 18.1 Å². The minimum Gasteiger partial charge on any atom is -0.478 e. The predicted molar refractivity (Wildman–Crippen MR) is 85.0 cm³/mol. The fourth-order valence-electron chi connectivity index (χ4n) is 2.87. The van der Waals surface area contributed by atoms with Crippen LogP contribution in [0.15, 0.2) is 43.0 Å². The lowest BCUT2D eigenvalue weighted by atomic mass is 9.80. The highest BCUT2D eigenvalue weighted by molar-refractivity contribution is 6.31. The molecule has 0 unspecified atom stereocenters. The fourth-order valence-corrected chi connectivity index (χ4v) is 2.87. The number of ketones is 2. The van der Waals surface area contributed by atoms with Crippen molar-refractivity contribution < 1.29 is 19.5 Å². The van der Waals surface area contributed by atoms with Gasteiger partial charge in [-0.25, -0.2) is 4.79 Å². The number of hydrogen-bond acceptors (Lipinski definition) is 4. The number of rotatable bonds is 3. The molecule has 0 saturated heterocycles. The first-order chi connectivity index (χ1) is 11.0. The number of nitrogens with two attached hydrogens (primary N) is 1. The third-order valence-corrected chi connectivity index (χ3v) is 3.92. The molecule has 23 heavy (non-hydrogen) atoms. The second-order valence-electron chi connectivity index (χ2n) is 5.25. The fraction of sp³-hybridized carbons (Fsp3) is 0.0556. The van der Waals surface area contributed by atoms with Gasteiger partial charge in [0.05, 0.1) is 16.8 Å². The molecular formula is C18H13NO4. The first-order valence-corrected chi connectivity index (χ1v) is 6.95. The lowest BCUT2D eigenvalue weighted by molar-refractivity contribution is 0.0693. The monoisotopic (exact) mass is 307 g/mol. The van der Waals surface area contributed by atoms with E-state index in [0.29, 0.717) is 12.0 Å². The number of carboxylic acid groups (broad SMARTS) is 1. The van der Waals surface area contributed by atoms with Gasteiger partial charge in [0.2, 0.25) is 0 Å². The number of aromatic carboxylic acids is 1. The van der Waals surface area contributed by atoms with E-state index in [1.54, 1.807) is 24.3 Å². The maximum atomic E-state index is 12.7. The summed E-state index contributed by atoms with van der Waals surface area (Å²) in [6.07, 6.45) is 1.87. The summed E-state index contributed by atoms with van der Waals surface area (Å²) in [6, 6.07) is 7.86. The normalized spacial score (nSPS) is 12.5. The molecule has 3 N–H and O–H groups in total. The zero-order valence-electron chi connectivity index (χ0n) is 12.1. The van der Waals surface area contributed by atoms with Gasteiger partial charge in [-0.15, -0.1) is 6.58 Å². The van der Waals surface area contributed by atoms with Crippen LogP contribution in [0.25, 0.3) is 0 Å². The molecule has 0 fully saturated rings. The highest BCUT2D eigenvalue weighted by Gasteiger charge is 2.35. The SMILES string of the molecule is C=CCc1cc2c(c(C(=O)O)c1N)C(=O)c1ccccc1C2=O. The zero-order valence-corrected chi connectivity index (χ0v) is 12.1. The van der Waals surface area contributed by atoms with E-state index in [-0.39, 0.29) is 39.3 Å². The van der Waals surface area contributed by atoms with Gasteiger partial charge in [0, 0.05) is 16.7 Å². The van der Waals surface area contributed by atoms with Crippen molar-refractivity contribution in [2.24, 2.45) is 0 Å². The van der Waals surface area contributed by atoms with E-state index >= 15 is 0 Å². The lowest BCUT2D eigenvalue weighted by Gasteiger charge is -2.21. The van der Waals surface area contributed by atoms with E-state index in [1.807, 2.05) is 0 Å². The number of carboxylic acids is 1. The summed E-state index contributed by atoms with van der Waals surface area (Å²) in [5.74, 6) is -2.20. The molecule has 2 aromatic carbocycles. The Morgan fingerprint density at radius 2 is 1.74 bits per heavy atom. The van der Waals surface area contributed by atoms with Crippen molar-refractivity contribution in [1.82, 2.24) is 0 Å². The van der Waals surface area contributed by atoms with E-state index in [1.165, 1.54) is 12.1 Å². The van der Waals surface area contributed by atoms with Crippen LogP contribution in [0, 0.1) is 0 Å². The van der Waals surface area contributed by atoms with E-state index in [4.69, 9.17) is 5.73 Å². The smallest absolute Gasteiger partial charge is 0.338 e. The molecule has 1 aliphatic rings. The first-order valence-electron chi connectivity index (χ1n) is 6.95. The third kappa shape index (κ3) is 2.05. The summed E-state index contributed by atoms with van der Waals surface area (Å²) < 4.78 is 0. The minimum atomic E-state index is -1.33. The van der Waals surface area contributed by atoms with Crippen LogP contribution in [0.4, 0.5) is 5.69 Å². The van der Waals surface area contributed by atoms with Crippen molar-refractivity contribution in [2.75, 3.05) is 5.73 Å². The molecule has 5 heteroatoms. The topological polar surface area (TPSA) is 97.5 Å². The molecule has 1 aliphatic carbocycles. The second kappa shape index (κ2) is 5.21. The van der Waals surface area contributed by atoms with E-state index < -0.39 is 11.8 Å². The van der Waals surface area contributed by atoms with E-state index in [0.717, 1.165) is 0 Å². The Hall–Kier alpha value is -3.21. The summed E-state index contributed by atoms with van der Waals surface area (Å²) in [6.45, 7) is 3.60. The molecular weight excluding hydrogens is 294 g/mol.